The van der Waals surface area contributed by atoms with Crippen molar-refractivity contribution in [2.24, 2.45) is 0 Å². The van der Waals surface area contributed by atoms with Crippen LogP contribution in [-0.2, 0) is 0 Å². The Morgan fingerprint density at radius 1 is 1.44 bits per heavy atom. The molecule has 16 heavy (non-hydrogen) atoms. The average molecular weight is 233 g/mol. The molecule has 84 valence electrons. The predicted molar refractivity (Wildman–Crippen MR) is 70.2 cm³/mol. The van der Waals surface area contributed by atoms with E-state index < -0.39 is 0 Å². The van der Waals surface area contributed by atoms with Gasteiger partial charge in [0.2, 0.25) is 0 Å². The standard InChI is InChI=1S/C12H15N3S/c1-5-7(2)15-11-10-8(3)9(4)16-12(10)14-6-13-11/h5-7H,1H2,2-4H3,(H,13,14,15). The zero-order chi connectivity index (χ0) is 11.7. The molecule has 1 unspecified atom stereocenters. The lowest BCUT2D eigenvalue weighted by Crippen LogP contribution is -2.12. The second-order valence-electron chi connectivity index (χ2n) is 3.85. The number of anilines is 1. The van der Waals surface area contributed by atoms with Crippen LogP contribution in [-0.4, -0.2) is 16.0 Å². The van der Waals surface area contributed by atoms with Crippen LogP contribution >= 0.6 is 11.3 Å². The third-order valence-corrected chi connectivity index (χ3v) is 3.80. The first kappa shape index (κ1) is 11.1. The minimum absolute atomic E-state index is 0.206. The van der Waals surface area contributed by atoms with Gasteiger partial charge in [0, 0.05) is 10.9 Å². The molecule has 0 aromatic carbocycles. The van der Waals surface area contributed by atoms with Gasteiger partial charge in [-0.3, -0.25) is 0 Å². The van der Waals surface area contributed by atoms with Crippen molar-refractivity contribution in [2.45, 2.75) is 26.8 Å². The third kappa shape index (κ3) is 1.80. The van der Waals surface area contributed by atoms with Gasteiger partial charge < -0.3 is 5.32 Å². The van der Waals surface area contributed by atoms with E-state index in [1.54, 1.807) is 17.7 Å². The van der Waals surface area contributed by atoms with E-state index in [0.29, 0.717) is 0 Å². The summed E-state index contributed by atoms with van der Waals surface area (Å²) in [5.41, 5.74) is 1.26. The molecule has 2 aromatic rings. The Bertz CT molecular complexity index is 530. The van der Waals surface area contributed by atoms with Crippen molar-refractivity contribution < 1.29 is 0 Å². The van der Waals surface area contributed by atoms with Crippen LogP contribution in [0.15, 0.2) is 19.0 Å². The average Bonchev–Trinajstić information content (AvgIpc) is 2.56. The minimum atomic E-state index is 0.206. The van der Waals surface area contributed by atoms with Gasteiger partial charge in [0.25, 0.3) is 0 Å². The Hall–Kier alpha value is -1.42. The molecule has 0 radical (unpaired) electrons. The van der Waals surface area contributed by atoms with Gasteiger partial charge in [-0.15, -0.1) is 17.9 Å². The summed E-state index contributed by atoms with van der Waals surface area (Å²) in [5, 5.41) is 4.46. The van der Waals surface area contributed by atoms with E-state index in [1.807, 2.05) is 6.08 Å². The molecule has 4 heteroatoms. The molecule has 1 N–H and O–H groups in total. The van der Waals surface area contributed by atoms with E-state index in [1.165, 1.54) is 10.4 Å². The first-order chi connectivity index (χ1) is 7.63. The van der Waals surface area contributed by atoms with Crippen LogP contribution in [0.1, 0.15) is 17.4 Å². The number of fused-ring (bicyclic) bond motifs is 1. The molecule has 0 bridgehead atoms. The Labute approximate surface area is 99.2 Å². The van der Waals surface area contributed by atoms with E-state index >= 15 is 0 Å². The zero-order valence-corrected chi connectivity index (χ0v) is 10.6. The highest BCUT2D eigenvalue weighted by Gasteiger charge is 2.12. The van der Waals surface area contributed by atoms with Gasteiger partial charge in [0.1, 0.15) is 17.0 Å². The Kier molecular flexibility index (Phi) is 2.92. The van der Waals surface area contributed by atoms with Crippen molar-refractivity contribution in [3.8, 4) is 0 Å². The lowest BCUT2D eigenvalue weighted by Gasteiger charge is -2.10. The first-order valence-electron chi connectivity index (χ1n) is 5.23. The van der Waals surface area contributed by atoms with Crippen LogP contribution in [0.5, 0.6) is 0 Å². The Morgan fingerprint density at radius 2 is 2.19 bits per heavy atom. The molecular weight excluding hydrogens is 218 g/mol. The summed E-state index contributed by atoms with van der Waals surface area (Å²) in [6, 6.07) is 0.206. The quantitative estimate of drug-likeness (QED) is 0.827. The topological polar surface area (TPSA) is 37.8 Å². The summed E-state index contributed by atoms with van der Waals surface area (Å²) in [4.78, 5) is 10.9. The van der Waals surface area contributed by atoms with Gasteiger partial charge in [0.05, 0.1) is 5.39 Å². The summed E-state index contributed by atoms with van der Waals surface area (Å²) in [6.07, 6.45) is 3.47. The molecule has 0 aliphatic carbocycles. The smallest absolute Gasteiger partial charge is 0.138 e. The maximum Gasteiger partial charge on any atom is 0.138 e. The SMILES string of the molecule is C=CC(C)Nc1ncnc2sc(C)c(C)c12. The van der Waals surface area contributed by atoms with Crippen LogP contribution < -0.4 is 5.32 Å². The van der Waals surface area contributed by atoms with Gasteiger partial charge in [0.15, 0.2) is 0 Å². The number of thiophene rings is 1. The fourth-order valence-electron chi connectivity index (χ4n) is 1.57. The molecule has 0 saturated carbocycles. The molecule has 2 rings (SSSR count). The zero-order valence-electron chi connectivity index (χ0n) is 9.74. The number of hydrogen-bond acceptors (Lipinski definition) is 4. The van der Waals surface area contributed by atoms with Crippen LogP contribution in [0.2, 0.25) is 0 Å². The second-order valence-corrected chi connectivity index (χ2v) is 5.06. The maximum atomic E-state index is 4.31. The van der Waals surface area contributed by atoms with E-state index in [0.717, 1.165) is 16.0 Å². The van der Waals surface area contributed by atoms with Crippen LogP contribution in [0.3, 0.4) is 0 Å². The summed E-state index contributed by atoms with van der Waals surface area (Å²) in [7, 11) is 0. The van der Waals surface area contributed by atoms with Gasteiger partial charge in [-0.2, -0.15) is 0 Å². The monoisotopic (exact) mass is 233 g/mol. The van der Waals surface area contributed by atoms with E-state index in [2.05, 4.69) is 42.6 Å². The van der Waals surface area contributed by atoms with Crippen molar-refractivity contribution in [3.05, 3.63) is 29.4 Å². The van der Waals surface area contributed by atoms with Crippen LogP contribution in [0.25, 0.3) is 10.2 Å². The van der Waals surface area contributed by atoms with Crippen LogP contribution in [0.4, 0.5) is 5.82 Å². The summed E-state index contributed by atoms with van der Waals surface area (Å²) >= 11 is 1.71. The maximum absolute atomic E-state index is 4.31. The fourth-order valence-corrected chi connectivity index (χ4v) is 2.56. The van der Waals surface area contributed by atoms with Crippen molar-refractivity contribution >= 4 is 27.4 Å². The Morgan fingerprint density at radius 3 is 2.88 bits per heavy atom. The highest BCUT2D eigenvalue weighted by atomic mass is 32.1. The van der Waals surface area contributed by atoms with Gasteiger partial charge in [-0.05, 0) is 26.3 Å². The largest absolute Gasteiger partial charge is 0.364 e. The lowest BCUT2D eigenvalue weighted by atomic mass is 10.2. The summed E-state index contributed by atoms with van der Waals surface area (Å²) in [5.74, 6) is 0.902. The number of aromatic nitrogens is 2. The number of nitrogens with zero attached hydrogens (tertiary/aromatic N) is 2. The first-order valence-corrected chi connectivity index (χ1v) is 6.05. The summed E-state index contributed by atoms with van der Waals surface area (Å²) < 4.78 is 0. The summed E-state index contributed by atoms with van der Waals surface area (Å²) in [6.45, 7) is 10.0. The minimum Gasteiger partial charge on any atom is -0.364 e. The van der Waals surface area contributed by atoms with Crippen molar-refractivity contribution in [2.75, 3.05) is 5.32 Å². The molecule has 0 saturated heterocycles. The number of aryl methyl sites for hydroxylation is 2. The molecule has 0 spiro atoms. The molecule has 0 aliphatic heterocycles. The molecular formula is C12H15N3S. The van der Waals surface area contributed by atoms with Crippen molar-refractivity contribution in [1.82, 2.24) is 9.97 Å². The normalized spacial score (nSPS) is 12.7. The highest BCUT2D eigenvalue weighted by molar-refractivity contribution is 7.18. The second kappa shape index (κ2) is 4.22. The van der Waals surface area contributed by atoms with Crippen molar-refractivity contribution in [1.29, 1.82) is 0 Å². The molecule has 2 aromatic heterocycles. The Balaban J connectivity index is 2.56. The van der Waals surface area contributed by atoms with E-state index in [-0.39, 0.29) is 6.04 Å². The van der Waals surface area contributed by atoms with Crippen LogP contribution in [0, 0.1) is 13.8 Å². The predicted octanol–water partition coefficient (Wildman–Crippen LogP) is 3.29. The van der Waals surface area contributed by atoms with E-state index in [9.17, 15) is 0 Å². The fraction of sp³-hybridized carbons (Fsp3) is 0.333. The number of hydrogen-bond donors (Lipinski definition) is 1. The van der Waals surface area contributed by atoms with Gasteiger partial charge >= 0.3 is 0 Å². The molecule has 0 aliphatic rings. The van der Waals surface area contributed by atoms with Gasteiger partial charge in [-0.1, -0.05) is 6.08 Å². The molecule has 0 fully saturated rings. The molecule has 2 heterocycles. The number of rotatable bonds is 3. The van der Waals surface area contributed by atoms with E-state index in [4.69, 9.17) is 0 Å². The van der Waals surface area contributed by atoms with Gasteiger partial charge in [-0.25, -0.2) is 9.97 Å². The molecule has 3 nitrogen and oxygen atoms in total. The number of nitrogens with one attached hydrogen (secondary N) is 1. The highest BCUT2D eigenvalue weighted by Crippen LogP contribution is 2.32. The molecule has 1 atom stereocenters. The third-order valence-electron chi connectivity index (χ3n) is 2.68. The molecule has 0 amide bonds. The van der Waals surface area contributed by atoms with Crippen molar-refractivity contribution in [3.63, 3.8) is 0 Å². The lowest BCUT2D eigenvalue weighted by molar-refractivity contribution is 0.984.